The second-order valence-corrected chi connectivity index (χ2v) is 3.11. The zero-order valence-corrected chi connectivity index (χ0v) is 8.36. The Morgan fingerprint density at radius 3 is 2.20 bits per heavy atom. The van der Waals surface area contributed by atoms with Crippen molar-refractivity contribution in [3.63, 3.8) is 0 Å². The summed E-state index contributed by atoms with van der Waals surface area (Å²) < 4.78 is 0. The second-order valence-electron chi connectivity index (χ2n) is 2.73. The van der Waals surface area contributed by atoms with Crippen LogP contribution in [0.25, 0.3) is 0 Å². The maximum atomic E-state index is 11.6. The summed E-state index contributed by atoms with van der Waals surface area (Å²) in [7, 11) is 0. The zero-order chi connectivity index (χ0) is 11.4. The van der Waals surface area contributed by atoms with Crippen molar-refractivity contribution in [1.29, 1.82) is 0 Å². The van der Waals surface area contributed by atoms with Gasteiger partial charge in [-0.3, -0.25) is 4.79 Å². The van der Waals surface area contributed by atoms with Crippen LogP contribution in [0, 0.1) is 0 Å². The largest absolute Gasteiger partial charge is 0.477 e. The van der Waals surface area contributed by atoms with E-state index in [1.807, 2.05) is 0 Å². The van der Waals surface area contributed by atoms with Crippen molar-refractivity contribution < 1.29 is 14.7 Å². The predicted octanol–water partition coefficient (Wildman–Crippen LogP) is 1.36. The van der Waals surface area contributed by atoms with Crippen LogP contribution in [-0.4, -0.2) is 16.9 Å². The third kappa shape index (κ3) is 2.57. The first-order valence-corrected chi connectivity index (χ1v) is 4.40. The van der Waals surface area contributed by atoms with E-state index in [0.717, 1.165) is 0 Å². The van der Waals surface area contributed by atoms with Crippen LogP contribution in [0.2, 0.25) is 0 Å². The molecule has 0 aliphatic rings. The average molecular weight is 226 g/mol. The number of hydrogen-bond donors (Lipinski definition) is 2. The van der Waals surface area contributed by atoms with E-state index in [9.17, 15) is 9.59 Å². The molecule has 0 spiro atoms. The van der Waals surface area contributed by atoms with Gasteiger partial charge >= 0.3 is 5.97 Å². The van der Waals surface area contributed by atoms with Crippen LogP contribution >= 0.6 is 11.6 Å². The Kier molecular flexibility index (Phi) is 3.46. The van der Waals surface area contributed by atoms with Gasteiger partial charge in [0.1, 0.15) is 10.7 Å². The molecule has 4 nitrogen and oxygen atoms in total. The number of benzene rings is 1. The van der Waals surface area contributed by atoms with E-state index in [2.05, 4.69) is 0 Å². The first-order valence-electron chi connectivity index (χ1n) is 4.02. The van der Waals surface area contributed by atoms with Gasteiger partial charge in [-0.1, -0.05) is 41.9 Å². The maximum Gasteiger partial charge on any atom is 0.353 e. The molecule has 78 valence electrons. The van der Waals surface area contributed by atoms with Crippen LogP contribution in [0.1, 0.15) is 10.4 Å². The molecule has 0 unspecified atom stereocenters. The van der Waals surface area contributed by atoms with Crippen molar-refractivity contribution in [3.05, 3.63) is 46.6 Å². The molecule has 1 aromatic carbocycles. The summed E-state index contributed by atoms with van der Waals surface area (Å²) in [5, 5.41) is 8.05. The van der Waals surface area contributed by atoms with Gasteiger partial charge in [-0.15, -0.1) is 0 Å². The first kappa shape index (κ1) is 11.3. The summed E-state index contributed by atoms with van der Waals surface area (Å²) in [5.41, 5.74) is 4.78. The Balaban J connectivity index is 3.07. The summed E-state index contributed by atoms with van der Waals surface area (Å²) in [4.78, 5) is 22.0. The molecule has 0 aliphatic carbocycles. The summed E-state index contributed by atoms with van der Waals surface area (Å²) >= 11 is 5.54. The van der Waals surface area contributed by atoms with Gasteiger partial charge in [0, 0.05) is 5.56 Å². The highest BCUT2D eigenvalue weighted by Crippen LogP contribution is 2.13. The van der Waals surface area contributed by atoms with Gasteiger partial charge in [-0.25, -0.2) is 4.79 Å². The number of Topliss-reactive ketones (excluding diaryl/α,β-unsaturated/α-hetero) is 1. The minimum absolute atomic E-state index is 0.298. The maximum absolute atomic E-state index is 11.6. The predicted molar refractivity (Wildman–Crippen MR) is 55.5 cm³/mol. The standard InChI is InChI=1S/C10H8ClNO3/c11-7(8(12)10(14)15)9(13)6-4-2-1-3-5-6/h1-5H,12H2,(H,14,15). The van der Waals surface area contributed by atoms with Crippen LogP contribution in [0.4, 0.5) is 0 Å². The fourth-order valence-corrected chi connectivity index (χ4v) is 1.12. The molecule has 0 saturated heterocycles. The fourth-order valence-electron chi connectivity index (χ4n) is 0.932. The van der Waals surface area contributed by atoms with Crippen molar-refractivity contribution in [1.82, 2.24) is 0 Å². The molecule has 3 N–H and O–H groups in total. The number of allylic oxidation sites excluding steroid dienone is 1. The lowest BCUT2D eigenvalue weighted by Crippen LogP contribution is -2.15. The number of carbonyl (C=O) groups excluding carboxylic acids is 1. The van der Waals surface area contributed by atoms with E-state index >= 15 is 0 Å². The zero-order valence-electron chi connectivity index (χ0n) is 7.61. The summed E-state index contributed by atoms with van der Waals surface area (Å²) in [5.74, 6) is -2.01. The minimum Gasteiger partial charge on any atom is -0.477 e. The molecule has 0 heterocycles. The number of nitrogens with two attached hydrogens (primary N) is 1. The van der Waals surface area contributed by atoms with Crippen molar-refractivity contribution >= 4 is 23.4 Å². The van der Waals surface area contributed by atoms with E-state index in [1.54, 1.807) is 18.2 Å². The molecule has 5 heteroatoms. The topological polar surface area (TPSA) is 80.4 Å². The molecule has 0 fully saturated rings. The molecule has 1 rings (SSSR count). The Morgan fingerprint density at radius 1 is 1.20 bits per heavy atom. The fraction of sp³-hybridized carbons (Fsp3) is 0. The van der Waals surface area contributed by atoms with Crippen molar-refractivity contribution in [2.75, 3.05) is 0 Å². The number of halogens is 1. The van der Waals surface area contributed by atoms with Gasteiger partial charge in [0.05, 0.1) is 0 Å². The number of carbonyl (C=O) groups is 2. The summed E-state index contributed by atoms with van der Waals surface area (Å²) in [6, 6.07) is 8.08. The van der Waals surface area contributed by atoms with Crippen LogP contribution in [0.15, 0.2) is 41.1 Å². The smallest absolute Gasteiger partial charge is 0.353 e. The number of carboxylic acids is 1. The van der Waals surface area contributed by atoms with Gasteiger partial charge in [0.25, 0.3) is 0 Å². The molecule has 0 radical (unpaired) electrons. The summed E-state index contributed by atoms with van der Waals surface area (Å²) in [6.45, 7) is 0. The number of hydrogen-bond acceptors (Lipinski definition) is 3. The van der Waals surface area contributed by atoms with Crippen molar-refractivity contribution in [2.24, 2.45) is 5.73 Å². The highest BCUT2D eigenvalue weighted by molar-refractivity contribution is 6.46. The third-order valence-electron chi connectivity index (χ3n) is 1.70. The normalized spacial score (nSPS) is 11.8. The monoisotopic (exact) mass is 225 g/mol. The molecular formula is C10H8ClNO3. The lowest BCUT2D eigenvalue weighted by Gasteiger charge is -2.00. The molecule has 0 atom stereocenters. The molecule has 0 bridgehead atoms. The van der Waals surface area contributed by atoms with E-state index in [0.29, 0.717) is 5.56 Å². The molecule has 0 aromatic heterocycles. The number of carboxylic acid groups (broad SMARTS) is 1. The lowest BCUT2D eigenvalue weighted by atomic mass is 10.1. The Bertz CT molecular complexity index is 426. The SMILES string of the molecule is NC(C(=O)O)=C(Cl)C(=O)c1ccccc1. The van der Waals surface area contributed by atoms with Gasteiger partial charge in [-0.05, 0) is 0 Å². The Labute approximate surface area is 91.0 Å². The van der Waals surface area contributed by atoms with Crippen LogP contribution in [0.3, 0.4) is 0 Å². The third-order valence-corrected chi connectivity index (χ3v) is 2.08. The second kappa shape index (κ2) is 4.61. The molecule has 0 amide bonds. The first-order chi connectivity index (χ1) is 7.04. The Morgan fingerprint density at radius 2 is 1.73 bits per heavy atom. The lowest BCUT2D eigenvalue weighted by molar-refractivity contribution is -0.132. The minimum atomic E-state index is -1.41. The molecule has 0 saturated carbocycles. The van der Waals surface area contributed by atoms with Gasteiger partial charge in [0.15, 0.2) is 0 Å². The number of rotatable bonds is 3. The van der Waals surface area contributed by atoms with E-state index in [1.165, 1.54) is 12.1 Å². The van der Waals surface area contributed by atoms with Gasteiger partial charge in [0.2, 0.25) is 5.78 Å². The highest BCUT2D eigenvalue weighted by Gasteiger charge is 2.17. The quantitative estimate of drug-likeness (QED) is 0.601. The van der Waals surface area contributed by atoms with E-state index < -0.39 is 22.5 Å². The van der Waals surface area contributed by atoms with Crippen molar-refractivity contribution in [3.8, 4) is 0 Å². The number of aliphatic carboxylic acids is 1. The highest BCUT2D eigenvalue weighted by atomic mass is 35.5. The average Bonchev–Trinajstić information content (AvgIpc) is 2.27. The van der Waals surface area contributed by atoms with Crippen LogP contribution in [0.5, 0.6) is 0 Å². The van der Waals surface area contributed by atoms with Gasteiger partial charge in [-0.2, -0.15) is 0 Å². The molecule has 15 heavy (non-hydrogen) atoms. The van der Waals surface area contributed by atoms with Crippen LogP contribution < -0.4 is 5.73 Å². The van der Waals surface area contributed by atoms with Gasteiger partial charge < -0.3 is 10.8 Å². The summed E-state index contributed by atoms with van der Waals surface area (Å²) in [6.07, 6.45) is 0. The van der Waals surface area contributed by atoms with E-state index in [4.69, 9.17) is 22.4 Å². The van der Waals surface area contributed by atoms with Crippen LogP contribution in [-0.2, 0) is 4.79 Å². The van der Waals surface area contributed by atoms with E-state index in [-0.39, 0.29) is 0 Å². The number of ketones is 1. The molecule has 1 aromatic rings. The Hall–Kier alpha value is -1.81. The van der Waals surface area contributed by atoms with Crippen molar-refractivity contribution in [2.45, 2.75) is 0 Å². The molecular weight excluding hydrogens is 218 g/mol. The molecule has 0 aliphatic heterocycles.